The molecule has 0 aromatic heterocycles. The third-order valence-corrected chi connectivity index (χ3v) is 9.02. The van der Waals surface area contributed by atoms with Gasteiger partial charge in [0, 0.05) is 13.0 Å². The van der Waals surface area contributed by atoms with Crippen LogP contribution in [0.25, 0.3) is 0 Å². The zero-order valence-electron chi connectivity index (χ0n) is 29.6. The lowest BCUT2D eigenvalue weighted by molar-refractivity contribution is -0.305. The molecular formula is C37H72O9. The lowest BCUT2D eigenvalue weighted by atomic mass is 9.99. The van der Waals surface area contributed by atoms with E-state index in [-0.39, 0.29) is 19.2 Å². The number of ether oxygens (including phenoxy) is 4. The van der Waals surface area contributed by atoms with Crippen LogP contribution in [-0.4, -0.2) is 89.6 Å². The van der Waals surface area contributed by atoms with Gasteiger partial charge < -0.3 is 39.4 Å². The molecule has 1 heterocycles. The number of unbranched alkanes of at least 4 members (excludes halogenated alkanes) is 21. The Morgan fingerprint density at radius 2 is 1.07 bits per heavy atom. The standard InChI is InChI=1S/C37H72O9/c1-3-5-7-9-11-12-13-14-15-16-17-18-19-21-23-25-27-43-29-31(45-33(39)26-24-22-20-10-8-6-4-2)30-44-37-36(42)35(41)34(40)32(28-38)46-37/h31-32,34-38,40-42H,3-30H2,1-2H3. The molecule has 9 heteroatoms. The quantitative estimate of drug-likeness (QED) is 0.0439. The van der Waals surface area contributed by atoms with Gasteiger partial charge in [0.1, 0.15) is 30.5 Å². The Morgan fingerprint density at radius 3 is 1.54 bits per heavy atom. The highest BCUT2D eigenvalue weighted by Gasteiger charge is 2.44. The van der Waals surface area contributed by atoms with Crippen LogP contribution in [0, 0.1) is 0 Å². The summed E-state index contributed by atoms with van der Waals surface area (Å²) >= 11 is 0. The van der Waals surface area contributed by atoms with Crippen LogP contribution in [0.1, 0.15) is 168 Å². The summed E-state index contributed by atoms with van der Waals surface area (Å²) in [6.45, 7) is 4.53. The van der Waals surface area contributed by atoms with Gasteiger partial charge >= 0.3 is 5.97 Å². The van der Waals surface area contributed by atoms with Crippen LogP contribution in [0.4, 0.5) is 0 Å². The first kappa shape index (κ1) is 43.2. The molecule has 46 heavy (non-hydrogen) atoms. The minimum Gasteiger partial charge on any atom is -0.457 e. The first-order valence-corrected chi connectivity index (χ1v) is 19.1. The van der Waals surface area contributed by atoms with Crippen molar-refractivity contribution >= 4 is 5.97 Å². The van der Waals surface area contributed by atoms with Crippen molar-refractivity contribution in [3.8, 4) is 0 Å². The van der Waals surface area contributed by atoms with Gasteiger partial charge in [0.2, 0.25) is 0 Å². The normalized spacial score (nSPS) is 22.3. The van der Waals surface area contributed by atoms with Crippen molar-refractivity contribution in [2.75, 3.05) is 26.4 Å². The van der Waals surface area contributed by atoms with E-state index in [4.69, 9.17) is 18.9 Å². The third-order valence-electron chi connectivity index (χ3n) is 9.02. The van der Waals surface area contributed by atoms with E-state index in [9.17, 15) is 25.2 Å². The van der Waals surface area contributed by atoms with Gasteiger partial charge in [-0.15, -0.1) is 0 Å². The Bertz CT molecular complexity index is 677. The van der Waals surface area contributed by atoms with E-state index in [2.05, 4.69) is 13.8 Å². The fourth-order valence-corrected chi connectivity index (χ4v) is 5.96. The van der Waals surface area contributed by atoms with Gasteiger partial charge in [-0.1, -0.05) is 149 Å². The average Bonchev–Trinajstić information content (AvgIpc) is 3.05. The Morgan fingerprint density at radius 1 is 0.609 bits per heavy atom. The number of esters is 1. The minimum absolute atomic E-state index is 0.107. The molecule has 0 radical (unpaired) electrons. The van der Waals surface area contributed by atoms with Crippen molar-refractivity contribution in [3.63, 3.8) is 0 Å². The Labute approximate surface area is 281 Å². The highest BCUT2D eigenvalue weighted by Crippen LogP contribution is 2.22. The fraction of sp³-hybridized carbons (Fsp3) is 0.973. The molecule has 9 nitrogen and oxygen atoms in total. The van der Waals surface area contributed by atoms with Crippen LogP contribution in [0.2, 0.25) is 0 Å². The summed E-state index contributed by atoms with van der Waals surface area (Å²) in [5.74, 6) is -0.318. The molecule has 0 aliphatic carbocycles. The van der Waals surface area contributed by atoms with E-state index >= 15 is 0 Å². The summed E-state index contributed by atoms with van der Waals surface area (Å²) in [5, 5.41) is 39.8. The highest BCUT2D eigenvalue weighted by molar-refractivity contribution is 5.69. The summed E-state index contributed by atoms with van der Waals surface area (Å²) in [4.78, 5) is 12.6. The first-order valence-electron chi connectivity index (χ1n) is 19.1. The lowest BCUT2D eigenvalue weighted by Gasteiger charge is -2.39. The van der Waals surface area contributed by atoms with Crippen LogP contribution < -0.4 is 0 Å². The Hall–Kier alpha value is -0.810. The van der Waals surface area contributed by atoms with Crippen LogP contribution in [0.3, 0.4) is 0 Å². The van der Waals surface area contributed by atoms with E-state index in [0.717, 1.165) is 32.1 Å². The summed E-state index contributed by atoms with van der Waals surface area (Å²) in [6.07, 6.45) is 21.5. The SMILES string of the molecule is CCCCCCCCCCCCCCCCCCOCC(COC1OC(CO)C(O)C(O)C1O)OC(=O)CCCCCCCCC. The van der Waals surface area contributed by atoms with E-state index in [1.807, 2.05) is 0 Å². The molecule has 274 valence electrons. The van der Waals surface area contributed by atoms with Crippen LogP contribution in [0.15, 0.2) is 0 Å². The van der Waals surface area contributed by atoms with E-state index < -0.39 is 43.4 Å². The summed E-state index contributed by atoms with van der Waals surface area (Å²) in [7, 11) is 0. The number of hydrogen-bond donors (Lipinski definition) is 4. The van der Waals surface area contributed by atoms with Gasteiger partial charge in [0.15, 0.2) is 6.29 Å². The second-order valence-electron chi connectivity index (χ2n) is 13.4. The molecule has 0 aromatic rings. The number of rotatable bonds is 32. The summed E-state index contributed by atoms with van der Waals surface area (Å²) < 4.78 is 22.6. The van der Waals surface area contributed by atoms with Crippen LogP contribution >= 0.6 is 0 Å². The number of aliphatic hydroxyl groups is 4. The van der Waals surface area contributed by atoms with Crippen molar-refractivity contribution in [2.45, 2.75) is 205 Å². The van der Waals surface area contributed by atoms with Gasteiger partial charge in [-0.05, 0) is 12.8 Å². The maximum atomic E-state index is 12.6. The molecule has 1 aliphatic rings. The van der Waals surface area contributed by atoms with E-state index in [0.29, 0.717) is 13.0 Å². The molecule has 4 N–H and O–H groups in total. The van der Waals surface area contributed by atoms with Gasteiger partial charge in [0.05, 0.1) is 19.8 Å². The summed E-state index contributed by atoms with van der Waals surface area (Å²) in [6, 6.07) is 0. The predicted molar refractivity (Wildman–Crippen MR) is 183 cm³/mol. The average molecular weight is 661 g/mol. The number of hydrogen-bond acceptors (Lipinski definition) is 9. The fourth-order valence-electron chi connectivity index (χ4n) is 5.96. The monoisotopic (exact) mass is 661 g/mol. The van der Waals surface area contributed by atoms with E-state index in [1.54, 1.807) is 0 Å². The zero-order chi connectivity index (χ0) is 33.7. The molecular weight excluding hydrogens is 588 g/mol. The molecule has 1 aliphatic heterocycles. The molecule has 0 spiro atoms. The van der Waals surface area contributed by atoms with Crippen molar-refractivity contribution in [2.24, 2.45) is 0 Å². The van der Waals surface area contributed by atoms with Gasteiger partial charge in [0.25, 0.3) is 0 Å². The van der Waals surface area contributed by atoms with Crippen molar-refractivity contribution in [3.05, 3.63) is 0 Å². The smallest absolute Gasteiger partial charge is 0.306 e. The maximum Gasteiger partial charge on any atom is 0.306 e. The largest absolute Gasteiger partial charge is 0.457 e. The Balaban J connectivity index is 2.25. The second kappa shape index (κ2) is 30.3. The third kappa shape index (κ3) is 21.9. The number of carbonyl (C=O) groups is 1. The molecule has 0 saturated carbocycles. The predicted octanol–water partition coefficient (Wildman–Crippen LogP) is 7.13. The molecule has 0 aromatic carbocycles. The van der Waals surface area contributed by atoms with Crippen LogP contribution in [-0.2, 0) is 23.7 Å². The second-order valence-corrected chi connectivity index (χ2v) is 13.4. The van der Waals surface area contributed by atoms with Crippen molar-refractivity contribution < 1.29 is 44.2 Å². The summed E-state index contributed by atoms with van der Waals surface area (Å²) in [5.41, 5.74) is 0. The van der Waals surface area contributed by atoms with Gasteiger partial charge in [-0.2, -0.15) is 0 Å². The molecule has 0 bridgehead atoms. The van der Waals surface area contributed by atoms with Crippen LogP contribution in [0.5, 0.6) is 0 Å². The van der Waals surface area contributed by atoms with Crippen molar-refractivity contribution in [1.82, 2.24) is 0 Å². The van der Waals surface area contributed by atoms with Gasteiger partial charge in [-0.25, -0.2) is 0 Å². The minimum atomic E-state index is -1.53. The lowest BCUT2D eigenvalue weighted by Crippen LogP contribution is -2.59. The Kier molecular flexibility index (Phi) is 28.4. The molecule has 6 atom stereocenters. The molecule has 1 saturated heterocycles. The molecule has 6 unspecified atom stereocenters. The number of carbonyl (C=O) groups excluding carboxylic acids is 1. The molecule has 0 amide bonds. The topological polar surface area (TPSA) is 135 Å². The van der Waals surface area contributed by atoms with Crippen molar-refractivity contribution in [1.29, 1.82) is 0 Å². The zero-order valence-corrected chi connectivity index (χ0v) is 29.6. The molecule has 1 fully saturated rings. The maximum absolute atomic E-state index is 12.6. The molecule has 1 rings (SSSR count). The highest BCUT2D eigenvalue weighted by atomic mass is 16.7. The van der Waals surface area contributed by atoms with E-state index in [1.165, 1.54) is 116 Å². The van der Waals surface area contributed by atoms with Gasteiger partial charge in [-0.3, -0.25) is 4.79 Å². The number of aliphatic hydroxyl groups excluding tert-OH is 4. The first-order chi connectivity index (χ1) is 22.4.